The Kier molecular flexibility index (Phi) is 5.36. The molecule has 0 aromatic heterocycles. The van der Waals surface area contributed by atoms with Crippen molar-refractivity contribution in [2.45, 2.75) is 56.5 Å². The van der Waals surface area contributed by atoms with Gasteiger partial charge in [0.05, 0.1) is 0 Å². The highest BCUT2D eigenvalue weighted by molar-refractivity contribution is 6.35. The van der Waals surface area contributed by atoms with Crippen molar-refractivity contribution in [2.75, 3.05) is 6.54 Å². The molecule has 0 unspecified atom stereocenters. The minimum Gasteiger partial charge on any atom is -0.332 e. The highest BCUT2D eigenvalue weighted by atomic mass is 35.5. The Morgan fingerprint density at radius 3 is 2.27 bits per heavy atom. The van der Waals surface area contributed by atoms with Crippen LogP contribution in [0, 0.1) is 17.8 Å². The summed E-state index contributed by atoms with van der Waals surface area (Å²) in [6, 6.07) is 3.30. The van der Waals surface area contributed by atoms with Crippen LogP contribution in [0.5, 0.6) is 0 Å². The molecule has 1 aromatic carbocycles. The molecule has 3 N–H and O–H groups in total. The maximum absolute atomic E-state index is 13.1. The summed E-state index contributed by atoms with van der Waals surface area (Å²) < 4.78 is 0. The molecule has 5 aliphatic rings. The van der Waals surface area contributed by atoms with Gasteiger partial charge in [-0.05, 0) is 75.3 Å². The summed E-state index contributed by atoms with van der Waals surface area (Å²) in [5.74, 6) is 0.585. The number of rotatable bonds is 4. The number of carbonyl (C=O) groups is 4. The van der Waals surface area contributed by atoms with E-state index < -0.39 is 36.0 Å². The van der Waals surface area contributed by atoms with Crippen LogP contribution in [0.3, 0.4) is 0 Å². The van der Waals surface area contributed by atoms with Gasteiger partial charge in [-0.25, -0.2) is 9.59 Å². The summed E-state index contributed by atoms with van der Waals surface area (Å²) in [7, 11) is 0. The van der Waals surface area contributed by atoms with E-state index >= 15 is 0 Å². The van der Waals surface area contributed by atoms with E-state index in [4.69, 9.17) is 23.2 Å². The minimum atomic E-state index is -1.44. The van der Waals surface area contributed by atoms with E-state index in [-0.39, 0.29) is 10.6 Å². The van der Waals surface area contributed by atoms with Gasteiger partial charge >= 0.3 is 12.1 Å². The van der Waals surface area contributed by atoms with Crippen molar-refractivity contribution in [1.29, 1.82) is 0 Å². The third-order valence-electron chi connectivity index (χ3n) is 7.72. The zero-order chi connectivity index (χ0) is 23.5. The molecule has 5 fully saturated rings. The lowest BCUT2D eigenvalue weighted by Gasteiger charge is -2.56. The number of hydrogen-bond donors (Lipinski definition) is 3. The molecule has 1 heterocycles. The number of nitrogens with one attached hydrogen (secondary N) is 3. The molecule has 4 saturated carbocycles. The van der Waals surface area contributed by atoms with E-state index in [0.29, 0.717) is 28.3 Å². The molecule has 4 aliphatic carbocycles. The Morgan fingerprint density at radius 2 is 1.70 bits per heavy atom. The van der Waals surface area contributed by atoms with Crippen molar-refractivity contribution in [3.05, 3.63) is 33.8 Å². The van der Waals surface area contributed by atoms with E-state index in [9.17, 15) is 19.2 Å². The fourth-order valence-corrected chi connectivity index (χ4v) is 7.36. The number of urea groups is 2. The van der Waals surface area contributed by atoms with Crippen LogP contribution >= 0.6 is 23.2 Å². The Hall–Kier alpha value is -2.32. The molecule has 1 aromatic rings. The first kappa shape index (κ1) is 22.5. The van der Waals surface area contributed by atoms with Crippen LogP contribution in [-0.2, 0) is 15.1 Å². The van der Waals surface area contributed by atoms with Crippen LogP contribution in [0.1, 0.15) is 51.0 Å². The first-order valence-corrected chi connectivity index (χ1v) is 12.0. The Morgan fingerprint density at radius 1 is 1.09 bits per heavy atom. The molecule has 6 amide bonds. The number of imide groups is 2. The molecule has 1 atom stereocenters. The normalized spacial score (nSPS) is 34.4. The summed E-state index contributed by atoms with van der Waals surface area (Å²) in [4.78, 5) is 51.6. The van der Waals surface area contributed by atoms with Gasteiger partial charge in [0.2, 0.25) is 5.91 Å². The van der Waals surface area contributed by atoms with Crippen molar-refractivity contribution in [2.24, 2.45) is 17.8 Å². The number of nitrogens with zero attached hydrogens (tertiary/aromatic N) is 1. The molecule has 10 heteroatoms. The lowest BCUT2D eigenvalue weighted by Crippen LogP contribution is -2.62. The second-order valence-electron chi connectivity index (χ2n) is 10.3. The fourth-order valence-electron chi connectivity index (χ4n) is 6.76. The lowest BCUT2D eigenvalue weighted by atomic mass is 9.53. The topological polar surface area (TPSA) is 108 Å². The van der Waals surface area contributed by atoms with Gasteiger partial charge in [0, 0.05) is 21.1 Å². The average Bonchev–Trinajstić information content (AvgIpc) is 2.89. The second-order valence-corrected chi connectivity index (χ2v) is 11.1. The van der Waals surface area contributed by atoms with Crippen LogP contribution in [0.15, 0.2) is 18.2 Å². The number of carbonyl (C=O) groups excluding carboxylic acids is 4. The van der Waals surface area contributed by atoms with E-state index in [1.54, 1.807) is 12.1 Å². The van der Waals surface area contributed by atoms with Crippen molar-refractivity contribution in [1.82, 2.24) is 20.9 Å². The second kappa shape index (κ2) is 7.87. The fraction of sp³-hybridized carbons (Fsp3) is 0.565. The summed E-state index contributed by atoms with van der Waals surface area (Å²) >= 11 is 12.2. The Balaban J connectivity index is 1.22. The molecular formula is C23H26Cl2N4O4. The van der Waals surface area contributed by atoms with Crippen LogP contribution in [-0.4, -0.2) is 40.9 Å². The molecule has 8 nitrogen and oxygen atoms in total. The van der Waals surface area contributed by atoms with Gasteiger partial charge in [-0.2, -0.15) is 0 Å². The van der Waals surface area contributed by atoms with Crippen molar-refractivity contribution in [3.63, 3.8) is 0 Å². The molecule has 6 rings (SSSR count). The molecule has 4 bridgehead atoms. The zero-order valence-corrected chi connectivity index (χ0v) is 19.8. The molecule has 33 heavy (non-hydrogen) atoms. The Bertz CT molecular complexity index is 1030. The summed E-state index contributed by atoms with van der Waals surface area (Å²) in [5, 5.41) is 8.57. The van der Waals surface area contributed by atoms with Crippen LogP contribution in [0.4, 0.5) is 9.59 Å². The lowest BCUT2D eigenvalue weighted by molar-refractivity contribution is -0.134. The van der Waals surface area contributed by atoms with E-state index in [0.717, 1.165) is 24.2 Å². The average molecular weight is 493 g/mol. The van der Waals surface area contributed by atoms with Crippen LogP contribution in [0.2, 0.25) is 10.0 Å². The van der Waals surface area contributed by atoms with Crippen LogP contribution < -0.4 is 16.0 Å². The van der Waals surface area contributed by atoms with Crippen molar-refractivity contribution in [3.8, 4) is 0 Å². The van der Waals surface area contributed by atoms with Gasteiger partial charge in [-0.15, -0.1) is 0 Å². The van der Waals surface area contributed by atoms with Crippen LogP contribution in [0.25, 0.3) is 0 Å². The molecular weight excluding hydrogens is 467 g/mol. The number of halogens is 2. The molecule has 176 valence electrons. The van der Waals surface area contributed by atoms with E-state index in [1.165, 1.54) is 32.3 Å². The third-order valence-corrected chi connectivity index (χ3v) is 8.26. The van der Waals surface area contributed by atoms with Gasteiger partial charge in [-0.3, -0.25) is 19.8 Å². The smallest absolute Gasteiger partial charge is 0.325 e. The SMILES string of the molecule is C[C@@]1(c2ccc(Cl)cc2Cl)NC(=O)N(CC(=O)NC(=O)NC23CC4CC(CC(C4)C2)C3)C1=O. The predicted molar refractivity (Wildman–Crippen MR) is 122 cm³/mol. The summed E-state index contributed by atoms with van der Waals surface area (Å²) in [6.45, 7) is 0.944. The van der Waals surface area contributed by atoms with Gasteiger partial charge in [0.1, 0.15) is 12.1 Å². The maximum atomic E-state index is 13.1. The van der Waals surface area contributed by atoms with Gasteiger partial charge in [0.15, 0.2) is 0 Å². The summed E-state index contributed by atoms with van der Waals surface area (Å²) in [5.41, 5.74) is -1.32. The van der Waals surface area contributed by atoms with Crippen molar-refractivity contribution < 1.29 is 19.2 Å². The number of amides is 6. The monoisotopic (exact) mass is 492 g/mol. The first-order valence-electron chi connectivity index (χ1n) is 11.3. The standard InChI is InChI=1S/C23H26Cl2N4O4/c1-22(16-3-2-15(24)7-17(16)25)19(31)29(21(33)28-22)11-18(30)26-20(32)27-23-8-12-4-13(9-23)6-14(5-12)10-23/h2-3,7,12-14H,4-6,8-11H2,1H3,(H,28,33)(H2,26,27,30,32)/t12?,13?,14?,22-,23?/m0/s1. The Labute approximate surface area is 201 Å². The third kappa shape index (κ3) is 3.97. The largest absolute Gasteiger partial charge is 0.332 e. The first-order chi connectivity index (χ1) is 15.6. The highest BCUT2D eigenvalue weighted by Crippen LogP contribution is 2.55. The number of hydrogen-bond acceptors (Lipinski definition) is 4. The van der Waals surface area contributed by atoms with Crippen molar-refractivity contribution >= 4 is 47.1 Å². The summed E-state index contributed by atoms with van der Waals surface area (Å²) in [6.07, 6.45) is 6.58. The van der Waals surface area contributed by atoms with E-state index in [1.807, 2.05) is 0 Å². The minimum absolute atomic E-state index is 0.222. The molecule has 0 spiro atoms. The maximum Gasteiger partial charge on any atom is 0.325 e. The van der Waals surface area contributed by atoms with Gasteiger partial charge in [0.25, 0.3) is 5.91 Å². The molecule has 1 saturated heterocycles. The van der Waals surface area contributed by atoms with E-state index in [2.05, 4.69) is 16.0 Å². The van der Waals surface area contributed by atoms with Gasteiger partial charge in [-0.1, -0.05) is 29.3 Å². The molecule has 0 radical (unpaired) electrons. The highest BCUT2D eigenvalue weighted by Gasteiger charge is 2.52. The predicted octanol–water partition coefficient (Wildman–Crippen LogP) is 3.56. The molecule has 1 aliphatic heterocycles. The zero-order valence-electron chi connectivity index (χ0n) is 18.2. The number of benzene rings is 1. The quantitative estimate of drug-likeness (QED) is 0.558. The van der Waals surface area contributed by atoms with Gasteiger partial charge < -0.3 is 10.6 Å².